The van der Waals surface area contributed by atoms with E-state index in [1.54, 1.807) is 0 Å². The van der Waals surface area contributed by atoms with Crippen molar-refractivity contribution in [2.45, 2.75) is 73.0 Å². The van der Waals surface area contributed by atoms with Crippen LogP contribution in [-0.2, 0) is 11.3 Å². The maximum absolute atomic E-state index is 12.5. The number of furan rings is 1. The fourth-order valence-corrected chi connectivity index (χ4v) is 2.50. The molecule has 1 amide bonds. The quantitative estimate of drug-likeness (QED) is 0.873. The van der Waals surface area contributed by atoms with E-state index in [-0.39, 0.29) is 23.4 Å². The molecular weight excluding hydrogens is 264 g/mol. The predicted octanol–water partition coefficient (Wildman–Crippen LogP) is 3.48. The minimum Gasteiger partial charge on any atom is -0.464 e. The highest BCUT2D eigenvalue weighted by Gasteiger charge is 2.23. The first-order valence-corrected chi connectivity index (χ1v) is 7.69. The Kier molecular flexibility index (Phi) is 6.02. The van der Waals surface area contributed by atoms with Crippen LogP contribution in [0.3, 0.4) is 0 Å². The van der Waals surface area contributed by atoms with Gasteiger partial charge in [-0.3, -0.25) is 4.79 Å². The van der Waals surface area contributed by atoms with E-state index in [1.807, 2.05) is 37.8 Å². The van der Waals surface area contributed by atoms with Gasteiger partial charge in [0.15, 0.2) is 0 Å². The van der Waals surface area contributed by atoms with Crippen LogP contribution in [0.2, 0.25) is 0 Å². The average molecular weight is 294 g/mol. The number of amides is 1. The molecule has 0 aliphatic carbocycles. The van der Waals surface area contributed by atoms with Gasteiger partial charge in [-0.25, -0.2) is 0 Å². The highest BCUT2D eigenvalue weighted by atomic mass is 16.3. The number of hydrogen-bond donors (Lipinski definition) is 1. The van der Waals surface area contributed by atoms with Gasteiger partial charge in [0.05, 0.1) is 6.54 Å². The van der Waals surface area contributed by atoms with Crippen LogP contribution in [0.25, 0.3) is 0 Å². The Balaban J connectivity index is 2.65. The molecule has 0 aliphatic heterocycles. The Hall–Kier alpha value is -1.29. The Labute approximate surface area is 128 Å². The molecule has 0 saturated heterocycles. The molecule has 2 N–H and O–H groups in total. The monoisotopic (exact) mass is 294 g/mol. The molecule has 4 heteroatoms. The van der Waals surface area contributed by atoms with Crippen molar-refractivity contribution in [2.75, 3.05) is 0 Å². The first kappa shape index (κ1) is 17.8. The summed E-state index contributed by atoms with van der Waals surface area (Å²) in [6.07, 6.45) is 1.22. The summed E-state index contributed by atoms with van der Waals surface area (Å²) in [7, 11) is 0. The Morgan fingerprint density at radius 2 is 1.95 bits per heavy atom. The van der Waals surface area contributed by atoms with Gasteiger partial charge in [0, 0.05) is 18.5 Å². The number of hydrogen-bond acceptors (Lipinski definition) is 3. The third kappa shape index (κ3) is 6.34. The van der Waals surface area contributed by atoms with E-state index < -0.39 is 0 Å². The van der Waals surface area contributed by atoms with Crippen molar-refractivity contribution < 1.29 is 9.21 Å². The largest absolute Gasteiger partial charge is 0.464 e. The Morgan fingerprint density at radius 3 is 2.38 bits per heavy atom. The fourth-order valence-electron chi connectivity index (χ4n) is 2.50. The number of rotatable bonds is 6. The molecule has 0 bridgehead atoms. The minimum atomic E-state index is -0.0999. The summed E-state index contributed by atoms with van der Waals surface area (Å²) in [5.74, 6) is 1.78. The smallest absolute Gasteiger partial charge is 0.224 e. The van der Waals surface area contributed by atoms with Crippen molar-refractivity contribution in [3.05, 3.63) is 23.7 Å². The zero-order valence-electron chi connectivity index (χ0n) is 14.3. The van der Waals surface area contributed by atoms with Crippen molar-refractivity contribution in [1.29, 1.82) is 0 Å². The SMILES string of the molecule is Cc1ccc(CN(C(=O)CC(N)CC(C)(C)C)C(C)C)o1. The summed E-state index contributed by atoms with van der Waals surface area (Å²) in [5.41, 5.74) is 6.26. The lowest BCUT2D eigenvalue weighted by atomic mass is 9.87. The van der Waals surface area contributed by atoms with Gasteiger partial charge in [-0.2, -0.15) is 0 Å². The molecule has 1 heterocycles. The summed E-state index contributed by atoms with van der Waals surface area (Å²) < 4.78 is 5.57. The number of nitrogens with zero attached hydrogens (tertiary/aromatic N) is 1. The molecule has 0 saturated carbocycles. The lowest BCUT2D eigenvalue weighted by Crippen LogP contribution is -2.40. The summed E-state index contributed by atoms with van der Waals surface area (Å²) in [6.45, 7) is 12.9. The first-order valence-electron chi connectivity index (χ1n) is 7.69. The molecule has 0 aromatic carbocycles. The van der Waals surface area contributed by atoms with Gasteiger partial charge >= 0.3 is 0 Å². The van der Waals surface area contributed by atoms with E-state index in [2.05, 4.69) is 20.8 Å². The average Bonchev–Trinajstić information content (AvgIpc) is 2.68. The van der Waals surface area contributed by atoms with Crippen molar-refractivity contribution in [1.82, 2.24) is 4.90 Å². The van der Waals surface area contributed by atoms with Gasteiger partial charge in [-0.15, -0.1) is 0 Å². The minimum absolute atomic E-state index is 0.0933. The van der Waals surface area contributed by atoms with Gasteiger partial charge in [0.1, 0.15) is 11.5 Å². The van der Waals surface area contributed by atoms with Crippen molar-refractivity contribution in [3.63, 3.8) is 0 Å². The van der Waals surface area contributed by atoms with Crippen LogP contribution in [0.5, 0.6) is 0 Å². The molecule has 0 radical (unpaired) electrons. The highest BCUT2D eigenvalue weighted by Crippen LogP contribution is 2.22. The van der Waals surface area contributed by atoms with Crippen molar-refractivity contribution in [2.24, 2.45) is 11.1 Å². The first-order chi connectivity index (χ1) is 9.58. The van der Waals surface area contributed by atoms with E-state index in [4.69, 9.17) is 10.2 Å². The van der Waals surface area contributed by atoms with E-state index in [0.717, 1.165) is 17.9 Å². The number of nitrogens with two attached hydrogens (primary N) is 1. The molecular formula is C17H30N2O2. The second-order valence-corrected chi connectivity index (χ2v) is 7.36. The predicted molar refractivity (Wildman–Crippen MR) is 85.8 cm³/mol. The van der Waals surface area contributed by atoms with Crippen LogP contribution < -0.4 is 5.73 Å². The van der Waals surface area contributed by atoms with Gasteiger partial charge in [-0.1, -0.05) is 20.8 Å². The van der Waals surface area contributed by atoms with Gasteiger partial charge in [0.25, 0.3) is 0 Å². The topological polar surface area (TPSA) is 59.5 Å². The third-order valence-electron chi connectivity index (χ3n) is 3.38. The van der Waals surface area contributed by atoms with Gasteiger partial charge in [0.2, 0.25) is 5.91 Å². The molecule has 0 spiro atoms. The summed E-state index contributed by atoms with van der Waals surface area (Å²) in [5, 5.41) is 0. The molecule has 4 nitrogen and oxygen atoms in total. The molecule has 1 atom stereocenters. The van der Waals surface area contributed by atoms with Crippen LogP contribution in [0.15, 0.2) is 16.5 Å². The molecule has 1 rings (SSSR count). The third-order valence-corrected chi connectivity index (χ3v) is 3.38. The zero-order chi connectivity index (χ0) is 16.2. The lowest BCUT2D eigenvalue weighted by Gasteiger charge is -2.29. The molecule has 0 aliphatic rings. The molecule has 1 unspecified atom stereocenters. The number of carbonyl (C=O) groups excluding carboxylic acids is 1. The number of aryl methyl sites for hydroxylation is 1. The van der Waals surface area contributed by atoms with Crippen LogP contribution in [0.4, 0.5) is 0 Å². The lowest BCUT2D eigenvalue weighted by molar-refractivity contribution is -0.134. The van der Waals surface area contributed by atoms with Crippen molar-refractivity contribution >= 4 is 5.91 Å². The van der Waals surface area contributed by atoms with Gasteiger partial charge in [-0.05, 0) is 44.7 Å². The normalized spacial score (nSPS) is 13.5. The molecule has 1 aromatic rings. The van der Waals surface area contributed by atoms with Gasteiger partial charge < -0.3 is 15.1 Å². The van der Waals surface area contributed by atoms with E-state index in [1.165, 1.54) is 0 Å². The molecule has 0 fully saturated rings. The fraction of sp³-hybridized carbons (Fsp3) is 0.706. The second kappa shape index (κ2) is 7.12. The van der Waals surface area contributed by atoms with Crippen LogP contribution >= 0.6 is 0 Å². The highest BCUT2D eigenvalue weighted by molar-refractivity contribution is 5.77. The standard InChI is InChI=1S/C17H30N2O2/c1-12(2)19(11-15-8-7-13(3)21-15)16(20)9-14(18)10-17(4,5)6/h7-8,12,14H,9-11,18H2,1-6H3. The summed E-state index contributed by atoms with van der Waals surface area (Å²) in [6, 6.07) is 3.87. The molecule has 1 aromatic heterocycles. The Bertz CT molecular complexity index is 458. The number of carbonyl (C=O) groups is 1. The van der Waals surface area contributed by atoms with Crippen LogP contribution in [0.1, 0.15) is 59.0 Å². The van der Waals surface area contributed by atoms with Crippen LogP contribution in [0, 0.1) is 12.3 Å². The van der Waals surface area contributed by atoms with Crippen LogP contribution in [-0.4, -0.2) is 22.9 Å². The zero-order valence-corrected chi connectivity index (χ0v) is 14.3. The summed E-state index contributed by atoms with van der Waals surface area (Å²) >= 11 is 0. The van der Waals surface area contributed by atoms with Crippen molar-refractivity contribution in [3.8, 4) is 0 Å². The van der Waals surface area contributed by atoms with E-state index in [0.29, 0.717) is 13.0 Å². The Morgan fingerprint density at radius 1 is 1.33 bits per heavy atom. The van der Waals surface area contributed by atoms with E-state index >= 15 is 0 Å². The molecule has 120 valence electrons. The second-order valence-electron chi connectivity index (χ2n) is 7.36. The molecule has 21 heavy (non-hydrogen) atoms. The maximum atomic E-state index is 12.5. The maximum Gasteiger partial charge on any atom is 0.224 e. The summed E-state index contributed by atoms with van der Waals surface area (Å²) in [4.78, 5) is 14.3. The van der Waals surface area contributed by atoms with E-state index in [9.17, 15) is 4.79 Å².